The molecule has 0 aromatic heterocycles. The van der Waals surface area contributed by atoms with Crippen molar-refractivity contribution in [2.24, 2.45) is 11.3 Å². The third kappa shape index (κ3) is 3.82. The third-order valence-corrected chi connectivity index (χ3v) is 2.90. The van der Waals surface area contributed by atoms with Crippen molar-refractivity contribution >= 4 is 5.97 Å². The summed E-state index contributed by atoms with van der Waals surface area (Å²) in [5.74, 6) is -1.97. The maximum atomic E-state index is 11.4. The van der Waals surface area contributed by atoms with Crippen molar-refractivity contribution in [2.45, 2.75) is 60.2 Å². The quantitative estimate of drug-likeness (QED) is 0.567. The van der Waals surface area contributed by atoms with Crippen LogP contribution in [0.25, 0.3) is 0 Å². The van der Waals surface area contributed by atoms with Crippen LogP contribution in [0.5, 0.6) is 0 Å². The van der Waals surface area contributed by atoms with Crippen LogP contribution in [-0.2, 0) is 9.53 Å². The number of aliphatic hydroxyl groups is 1. The molecule has 0 heterocycles. The molecule has 0 aliphatic rings. The Balaban J connectivity index is 4.59. The molecular weight excluding hydrogens is 192 g/mol. The number of rotatable bonds is 5. The molecule has 0 aliphatic heterocycles. The minimum atomic E-state index is -1.40. The lowest BCUT2D eigenvalue weighted by Gasteiger charge is -2.39. The zero-order chi connectivity index (χ0) is 12.3. The fourth-order valence-electron chi connectivity index (χ4n) is 1.31. The fourth-order valence-corrected chi connectivity index (χ4v) is 1.31. The summed E-state index contributed by atoms with van der Waals surface area (Å²) < 4.78 is 5.13. The molecule has 0 spiro atoms. The summed E-state index contributed by atoms with van der Waals surface area (Å²) in [5, 5.41) is 10.1. The SMILES string of the molecule is CCCC(C)(C)C(C)(O)OC(=O)C(C)C. The van der Waals surface area contributed by atoms with Gasteiger partial charge in [0.2, 0.25) is 5.79 Å². The normalized spacial score (nSPS) is 16.3. The molecule has 0 saturated heterocycles. The van der Waals surface area contributed by atoms with Crippen LogP contribution in [0, 0.1) is 11.3 Å². The van der Waals surface area contributed by atoms with E-state index in [9.17, 15) is 9.90 Å². The average Bonchev–Trinajstić information content (AvgIpc) is 2.02. The predicted octanol–water partition coefficient (Wildman–Crippen LogP) is 2.72. The highest BCUT2D eigenvalue weighted by atomic mass is 16.7. The molecule has 0 rings (SSSR count). The van der Waals surface area contributed by atoms with Crippen LogP contribution in [0.15, 0.2) is 0 Å². The van der Waals surface area contributed by atoms with Gasteiger partial charge in [0.1, 0.15) is 0 Å². The van der Waals surface area contributed by atoms with Gasteiger partial charge in [0, 0.05) is 12.3 Å². The van der Waals surface area contributed by atoms with E-state index in [4.69, 9.17) is 4.74 Å². The van der Waals surface area contributed by atoms with Gasteiger partial charge in [0.05, 0.1) is 5.92 Å². The molecule has 0 bridgehead atoms. The van der Waals surface area contributed by atoms with Crippen molar-refractivity contribution in [2.75, 3.05) is 0 Å². The molecule has 0 amide bonds. The van der Waals surface area contributed by atoms with Crippen molar-refractivity contribution < 1.29 is 14.6 Å². The number of carbonyl (C=O) groups excluding carboxylic acids is 1. The molecule has 1 atom stereocenters. The summed E-state index contributed by atoms with van der Waals surface area (Å²) in [5.41, 5.74) is -0.424. The molecule has 3 heteroatoms. The molecule has 0 aromatic carbocycles. The van der Waals surface area contributed by atoms with Gasteiger partial charge in [-0.1, -0.05) is 41.0 Å². The highest BCUT2D eigenvalue weighted by Crippen LogP contribution is 2.36. The fraction of sp³-hybridized carbons (Fsp3) is 0.917. The summed E-state index contributed by atoms with van der Waals surface area (Å²) in [6.45, 7) is 10.9. The van der Waals surface area contributed by atoms with Gasteiger partial charge >= 0.3 is 5.97 Å². The largest absolute Gasteiger partial charge is 0.433 e. The minimum absolute atomic E-state index is 0.214. The molecule has 90 valence electrons. The van der Waals surface area contributed by atoms with Crippen LogP contribution in [0.2, 0.25) is 0 Å². The van der Waals surface area contributed by atoms with Crippen LogP contribution in [0.3, 0.4) is 0 Å². The molecule has 0 radical (unpaired) electrons. The van der Waals surface area contributed by atoms with Crippen molar-refractivity contribution in [3.05, 3.63) is 0 Å². The number of ether oxygens (including phenoxy) is 1. The summed E-state index contributed by atoms with van der Waals surface area (Å²) in [6, 6.07) is 0. The Bertz CT molecular complexity index is 217. The Hall–Kier alpha value is -0.570. The summed E-state index contributed by atoms with van der Waals surface area (Å²) in [4.78, 5) is 11.4. The zero-order valence-electron chi connectivity index (χ0n) is 10.8. The lowest BCUT2D eigenvalue weighted by molar-refractivity contribution is -0.248. The van der Waals surface area contributed by atoms with Crippen LogP contribution < -0.4 is 0 Å². The van der Waals surface area contributed by atoms with Gasteiger partial charge in [0.25, 0.3) is 0 Å². The van der Waals surface area contributed by atoms with Gasteiger partial charge in [-0.05, 0) is 6.42 Å². The first-order valence-electron chi connectivity index (χ1n) is 5.59. The molecule has 15 heavy (non-hydrogen) atoms. The molecule has 1 N–H and O–H groups in total. The Morgan fingerprint density at radius 3 is 2.13 bits per heavy atom. The summed E-state index contributed by atoms with van der Waals surface area (Å²) in [6.07, 6.45) is 1.76. The molecule has 0 aromatic rings. The van der Waals surface area contributed by atoms with Crippen molar-refractivity contribution in [1.29, 1.82) is 0 Å². The maximum Gasteiger partial charge on any atom is 0.310 e. The Kier molecular flexibility index (Phi) is 4.78. The molecule has 0 aliphatic carbocycles. The average molecular weight is 216 g/mol. The topological polar surface area (TPSA) is 46.5 Å². The Morgan fingerprint density at radius 2 is 1.80 bits per heavy atom. The molecule has 0 saturated carbocycles. The second-order valence-electron chi connectivity index (χ2n) is 5.19. The van der Waals surface area contributed by atoms with Crippen LogP contribution >= 0.6 is 0 Å². The highest BCUT2D eigenvalue weighted by Gasteiger charge is 2.42. The Morgan fingerprint density at radius 1 is 1.33 bits per heavy atom. The summed E-state index contributed by atoms with van der Waals surface area (Å²) >= 11 is 0. The number of carbonyl (C=O) groups is 1. The lowest BCUT2D eigenvalue weighted by Crippen LogP contribution is -2.46. The van der Waals surface area contributed by atoms with Gasteiger partial charge in [-0.25, -0.2) is 0 Å². The molecular formula is C12H24O3. The van der Waals surface area contributed by atoms with Crippen molar-refractivity contribution in [3.63, 3.8) is 0 Å². The highest BCUT2D eigenvalue weighted by molar-refractivity contribution is 5.71. The van der Waals surface area contributed by atoms with Crippen molar-refractivity contribution in [3.8, 4) is 0 Å². The monoisotopic (exact) mass is 216 g/mol. The second-order valence-corrected chi connectivity index (χ2v) is 5.19. The van der Waals surface area contributed by atoms with Gasteiger partial charge in [-0.2, -0.15) is 0 Å². The van der Waals surface area contributed by atoms with Gasteiger partial charge in [-0.15, -0.1) is 0 Å². The minimum Gasteiger partial charge on any atom is -0.433 e. The number of hydrogen-bond donors (Lipinski definition) is 1. The smallest absolute Gasteiger partial charge is 0.310 e. The first kappa shape index (κ1) is 14.4. The van der Waals surface area contributed by atoms with Gasteiger partial charge in [-0.3, -0.25) is 4.79 Å². The lowest BCUT2D eigenvalue weighted by atomic mass is 9.80. The van der Waals surface area contributed by atoms with Gasteiger partial charge in [0.15, 0.2) is 0 Å². The first-order valence-corrected chi connectivity index (χ1v) is 5.59. The molecule has 1 unspecified atom stereocenters. The molecule has 3 nitrogen and oxygen atoms in total. The van der Waals surface area contributed by atoms with Crippen LogP contribution in [0.4, 0.5) is 0 Å². The van der Waals surface area contributed by atoms with E-state index in [1.54, 1.807) is 20.8 Å². The van der Waals surface area contributed by atoms with E-state index in [2.05, 4.69) is 0 Å². The standard InChI is InChI=1S/C12H24O3/c1-7-8-11(4,5)12(6,14)15-10(13)9(2)3/h9,14H,7-8H2,1-6H3. The second kappa shape index (κ2) is 4.97. The number of esters is 1. The van der Waals surface area contributed by atoms with Gasteiger partial charge < -0.3 is 9.84 Å². The zero-order valence-corrected chi connectivity index (χ0v) is 10.8. The molecule has 0 fully saturated rings. The van der Waals surface area contributed by atoms with E-state index in [0.717, 1.165) is 12.8 Å². The van der Waals surface area contributed by atoms with E-state index in [1.165, 1.54) is 0 Å². The van der Waals surface area contributed by atoms with Crippen LogP contribution in [0.1, 0.15) is 54.4 Å². The maximum absolute atomic E-state index is 11.4. The van der Waals surface area contributed by atoms with E-state index in [1.807, 2.05) is 20.8 Å². The summed E-state index contributed by atoms with van der Waals surface area (Å²) in [7, 11) is 0. The van der Waals surface area contributed by atoms with E-state index in [-0.39, 0.29) is 11.9 Å². The van der Waals surface area contributed by atoms with E-state index in [0.29, 0.717) is 0 Å². The van der Waals surface area contributed by atoms with Crippen molar-refractivity contribution in [1.82, 2.24) is 0 Å². The Labute approximate surface area is 92.8 Å². The number of hydrogen-bond acceptors (Lipinski definition) is 3. The van der Waals surface area contributed by atoms with E-state index < -0.39 is 11.2 Å². The third-order valence-electron chi connectivity index (χ3n) is 2.90. The first-order chi connectivity index (χ1) is 6.64. The van der Waals surface area contributed by atoms with Crippen LogP contribution in [-0.4, -0.2) is 16.9 Å². The van der Waals surface area contributed by atoms with E-state index >= 15 is 0 Å². The predicted molar refractivity (Wildman–Crippen MR) is 60.2 cm³/mol.